The molecule has 0 amide bonds. The van der Waals surface area contributed by atoms with E-state index in [9.17, 15) is 0 Å². The van der Waals surface area contributed by atoms with Crippen molar-refractivity contribution in [2.45, 2.75) is 6.42 Å². The lowest BCUT2D eigenvalue weighted by atomic mass is 10.0. The van der Waals surface area contributed by atoms with E-state index in [4.69, 9.17) is 10.8 Å². The first-order valence-corrected chi connectivity index (χ1v) is 4.31. The van der Waals surface area contributed by atoms with Crippen molar-refractivity contribution < 1.29 is 0 Å². The fourth-order valence-electron chi connectivity index (χ4n) is 1.18. The molecule has 0 aromatic heterocycles. The van der Waals surface area contributed by atoms with Crippen LogP contribution in [0.2, 0.25) is 0 Å². The molecule has 0 aliphatic heterocycles. The van der Waals surface area contributed by atoms with Gasteiger partial charge in [0.2, 0.25) is 0 Å². The van der Waals surface area contributed by atoms with E-state index in [0.717, 1.165) is 5.56 Å². The van der Waals surface area contributed by atoms with E-state index < -0.39 is 0 Å². The molecular formula is C10H10N4. The van der Waals surface area contributed by atoms with Gasteiger partial charge in [0.1, 0.15) is 0 Å². The summed E-state index contributed by atoms with van der Waals surface area (Å²) in [4.78, 5) is 2.64. The molecule has 0 fully saturated rings. The van der Waals surface area contributed by atoms with E-state index in [-0.39, 0.29) is 12.5 Å². The van der Waals surface area contributed by atoms with Crippen molar-refractivity contribution in [1.29, 1.82) is 5.26 Å². The molecule has 0 radical (unpaired) electrons. The van der Waals surface area contributed by atoms with Gasteiger partial charge in [-0.15, -0.1) is 0 Å². The maximum Gasteiger partial charge on any atom is 0.0660 e. The summed E-state index contributed by atoms with van der Waals surface area (Å²) < 4.78 is 0. The van der Waals surface area contributed by atoms with Gasteiger partial charge < -0.3 is 0 Å². The summed E-state index contributed by atoms with van der Waals surface area (Å²) >= 11 is 0. The predicted molar refractivity (Wildman–Crippen MR) is 53.3 cm³/mol. The fraction of sp³-hybridized carbons (Fsp3) is 0.300. The molecule has 0 heterocycles. The summed E-state index contributed by atoms with van der Waals surface area (Å²) in [6.07, 6.45) is 0.635. The molecule has 0 aliphatic rings. The molecule has 1 atom stereocenters. The highest BCUT2D eigenvalue weighted by Gasteiger charge is 2.06. The van der Waals surface area contributed by atoms with Gasteiger partial charge in [0.05, 0.1) is 12.0 Å². The van der Waals surface area contributed by atoms with Gasteiger partial charge >= 0.3 is 0 Å². The Bertz CT molecular complexity index is 359. The second-order valence-corrected chi connectivity index (χ2v) is 2.93. The van der Waals surface area contributed by atoms with Crippen LogP contribution in [0.5, 0.6) is 0 Å². The first kappa shape index (κ1) is 10.1. The number of hydrogen-bond donors (Lipinski definition) is 0. The Hall–Kier alpha value is -1.98. The number of hydrogen-bond acceptors (Lipinski definition) is 2. The van der Waals surface area contributed by atoms with Crippen molar-refractivity contribution in [3.05, 3.63) is 46.3 Å². The fourth-order valence-corrected chi connectivity index (χ4v) is 1.18. The van der Waals surface area contributed by atoms with Gasteiger partial charge in [0.25, 0.3) is 0 Å². The lowest BCUT2D eigenvalue weighted by Crippen LogP contribution is -2.04. The Balaban J connectivity index is 2.58. The topological polar surface area (TPSA) is 72.5 Å². The molecule has 0 N–H and O–H groups in total. The molecule has 1 aromatic rings. The zero-order valence-electron chi connectivity index (χ0n) is 7.67. The second-order valence-electron chi connectivity index (χ2n) is 2.93. The Labute approximate surface area is 82.4 Å². The molecule has 0 aliphatic carbocycles. The summed E-state index contributed by atoms with van der Waals surface area (Å²) in [5.41, 5.74) is 9.22. The van der Waals surface area contributed by atoms with Gasteiger partial charge in [0, 0.05) is 11.5 Å². The number of nitrogens with zero attached hydrogens (tertiary/aromatic N) is 4. The van der Waals surface area contributed by atoms with Gasteiger partial charge in [-0.1, -0.05) is 35.4 Å². The largest absolute Gasteiger partial charge is 0.198 e. The monoisotopic (exact) mass is 186 g/mol. The number of azide groups is 1. The smallest absolute Gasteiger partial charge is 0.0660 e. The first-order chi connectivity index (χ1) is 6.86. The van der Waals surface area contributed by atoms with Crippen LogP contribution < -0.4 is 0 Å². The highest BCUT2D eigenvalue weighted by Crippen LogP contribution is 2.08. The van der Waals surface area contributed by atoms with Crippen molar-refractivity contribution in [3.8, 4) is 6.07 Å². The molecule has 70 valence electrons. The standard InChI is InChI=1S/C10H10N4/c11-7-10(8-13-14-12)6-9-4-2-1-3-5-9/h1-5,10H,6,8H2. The average molecular weight is 186 g/mol. The van der Waals surface area contributed by atoms with Gasteiger partial charge in [-0.25, -0.2) is 0 Å². The molecule has 14 heavy (non-hydrogen) atoms. The third-order valence-electron chi connectivity index (χ3n) is 1.87. The van der Waals surface area contributed by atoms with E-state index in [1.54, 1.807) is 0 Å². The molecule has 0 saturated heterocycles. The summed E-state index contributed by atoms with van der Waals surface area (Å²) in [6, 6.07) is 11.8. The minimum Gasteiger partial charge on any atom is -0.198 e. The number of rotatable bonds is 4. The minimum atomic E-state index is -0.228. The van der Waals surface area contributed by atoms with Crippen molar-refractivity contribution in [2.75, 3.05) is 6.54 Å². The van der Waals surface area contributed by atoms with Crippen molar-refractivity contribution in [2.24, 2.45) is 11.0 Å². The number of nitriles is 1. The molecule has 1 aromatic carbocycles. The van der Waals surface area contributed by atoms with Crippen LogP contribution >= 0.6 is 0 Å². The molecule has 1 rings (SSSR count). The summed E-state index contributed by atoms with van der Waals surface area (Å²) in [7, 11) is 0. The highest BCUT2D eigenvalue weighted by atomic mass is 15.1. The quantitative estimate of drug-likeness (QED) is 0.404. The van der Waals surface area contributed by atoms with E-state index in [1.165, 1.54) is 0 Å². The van der Waals surface area contributed by atoms with Crippen LogP contribution in [0.25, 0.3) is 10.4 Å². The van der Waals surface area contributed by atoms with E-state index in [2.05, 4.69) is 16.1 Å². The highest BCUT2D eigenvalue weighted by molar-refractivity contribution is 5.16. The van der Waals surface area contributed by atoms with Gasteiger partial charge in [-0.2, -0.15) is 5.26 Å². The molecule has 1 unspecified atom stereocenters. The zero-order valence-corrected chi connectivity index (χ0v) is 7.67. The third-order valence-corrected chi connectivity index (χ3v) is 1.87. The molecule has 0 saturated carbocycles. The Morgan fingerprint density at radius 3 is 2.71 bits per heavy atom. The normalized spacial score (nSPS) is 11.1. The van der Waals surface area contributed by atoms with Gasteiger partial charge in [0.15, 0.2) is 0 Å². The van der Waals surface area contributed by atoms with E-state index in [0.29, 0.717) is 6.42 Å². The van der Waals surface area contributed by atoms with Crippen LogP contribution in [0, 0.1) is 17.2 Å². The zero-order chi connectivity index (χ0) is 10.2. The Kier molecular flexibility index (Phi) is 4.06. The maximum atomic E-state index is 8.78. The Morgan fingerprint density at radius 1 is 1.43 bits per heavy atom. The molecule has 4 heteroatoms. The van der Waals surface area contributed by atoms with Crippen LogP contribution in [0.4, 0.5) is 0 Å². The van der Waals surface area contributed by atoms with Crippen molar-refractivity contribution in [1.82, 2.24) is 0 Å². The average Bonchev–Trinajstić information content (AvgIpc) is 2.25. The Morgan fingerprint density at radius 2 is 2.14 bits per heavy atom. The van der Waals surface area contributed by atoms with Crippen LogP contribution in [0.15, 0.2) is 35.4 Å². The third kappa shape index (κ3) is 3.18. The lowest BCUT2D eigenvalue weighted by Gasteiger charge is -2.04. The van der Waals surface area contributed by atoms with Crippen molar-refractivity contribution in [3.63, 3.8) is 0 Å². The first-order valence-electron chi connectivity index (χ1n) is 4.31. The van der Waals surface area contributed by atoms with E-state index in [1.807, 2.05) is 30.3 Å². The molecule has 0 spiro atoms. The summed E-state index contributed by atoms with van der Waals surface area (Å²) in [6.45, 7) is 0.238. The van der Waals surface area contributed by atoms with Gasteiger partial charge in [-0.05, 0) is 17.5 Å². The molecule has 4 nitrogen and oxygen atoms in total. The van der Waals surface area contributed by atoms with Crippen molar-refractivity contribution >= 4 is 0 Å². The SMILES string of the molecule is N#CC(CN=[N+]=[N-])Cc1ccccc1. The van der Waals surface area contributed by atoms with Crippen LogP contribution in [0.1, 0.15) is 5.56 Å². The predicted octanol–water partition coefficient (Wildman–Crippen LogP) is 2.68. The summed E-state index contributed by atoms with van der Waals surface area (Å²) in [5, 5.41) is 12.2. The van der Waals surface area contributed by atoms with Crippen LogP contribution in [0.3, 0.4) is 0 Å². The lowest BCUT2D eigenvalue weighted by molar-refractivity contribution is 0.671. The summed E-state index contributed by atoms with van der Waals surface area (Å²) in [5.74, 6) is -0.228. The minimum absolute atomic E-state index is 0.228. The van der Waals surface area contributed by atoms with Gasteiger partial charge in [-0.3, -0.25) is 0 Å². The van der Waals surface area contributed by atoms with E-state index >= 15 is 0 Å². The molecule has 0 bridgehead atoms. The molecular weight excluding hydrogens is 176 g/mol. The number of benzene rings is 1. The second kappa shape index (κ2) is 5.63. The van der Waals surface area contributed by atoms with Crippen LogP contribution in [-0.4, -0.2) is 6.54 Å². The van der Waals surface area contributed by atoms with Crippen LogP contribution in [-0.2, 0) is 6.42 Å². The maximum absolute atomic E-state index is 8.78.